The van der Waals surface area contributed by atoms with Crippen molar-refractivity contribution in [1.82, 2.24) is 10.2 Å². The van der Waals surface area contributed by atoms with Crippen LogP contribution in [0.4, 0.5) is 0 Å². The van der Waals surface area contributed by atoms with Gasteiger partial charge in [-0.1, -0.05) is 0 Å². The molecule has 0 aromatic carbocycles. The SMILES string of the molecule is CC(C)N1CCC2(CCNC2)C(CC#N)C1. The molecule has 1 N–H and O–H groups in total. The average molecular weight is 221 g/mol. The van der Waals surface area contributed by atoms with E-state index >= 15 is 0 Å². The molecular formula is C13H23N3. The van der Waals surface area contributed by atoms with Crippen molar-refractivity contribution in [2.24, 2.45) is 11.3 Å². The lowest BCUT2D eigenvalue weighted by atomic mass is 9.68. The third-order valence-corrected chi connectivity index (χ3v) is 4.56. The zero-order chi connectivity index (χ0) is 11.6. The number of likely N-dealkylation sites (tertiary alicyclic amines) is 1. The van der Waals surface area contributed by atoms with Crippen LogP contribution < -0.4 is 5.32 Å². The second-order valence-electron chi connectivity index (χ2n) is 5.69. The first-order valence-corrected chi connectivity index (χ1v) is 6.50. The highest BCUT2D eigenvalue weighted by molar-refractivity contribution is 5.00. The van der Waals surface area contributed by atoms with Crippen molar-refractivity contribution in [3.8, 4) is 6.07 Å². The Morgan fingerprint density at radius 3 is 2.88 bits per heavy atom. The second kappa shape index (κ2) is 4.73. The molecule has 3 nitrogen and oxygen atoms in total. The van der Waals surface area contributed by atoms with Gasteiger partial charge < -0.3 is 10.2 Å². The first kappa shape index (κ1) is 11.9. The van der Waals surface area contributed by atoms with Gasteiger partial charge in [-0.2, -0.15) is 5.26 Å². The van der Waals surface area contributed by atoms with Crippen LogP contribution in [0.5, 0.6) is 0 Å². The number of hydrogen-bond acceptors (Lipinski definition) is 3. The minimum Gasteiger partial charge on any atom is -0.316 e. The minimum atomic E-state index is 0.432. The molecule has 90 valence electrons. The first-order valence-electron chi connectivity index (χ1n) is 6.50. The van der Waals surface area contributed by atoms with Gasteiger partial charge in [-0.05, 0) is 51.1 Å². The fourth-order valence-corrected chi connectivity index (χ4v) is 3.32. The maximum absolute atomic E-state index is 9.00. The Morgan fingerprint density at radius 1 is 1.50 bits per heavy atom. The molecule has 2 saturated heterocycles. The Bertz CT molecular complexity index is 273. The highest BCUT2D eigenvalue weighted by Gasteiger charge is 2.44. The van der Waals surface area contributed by atoms with Gasteiger partial charge in [-0.15, -0.1) is 0 Å². The predicted octanol–water partition coefficient (Wildman–Crippen LogP) is 1.61. The molecule has 0 amide bonds. The van der Waals surface area contributed by atoms with E-state index in [9.17, 15) is 0 Å². The smallest absolute Gasteiger partial charge is 0.0625 e. The standard InChI is InChI=1S/C13H23N3/c1-11(2)16-8-5-13(4-7-15-10-13)12(9-16)3-6-14/h11-12,15H,3-5,7-10H2,1-2H3. The Kier molecular flexibility index (Phi) is 3.51. The summed E-state index contributed by atoms with van der Waals surface area (Å²) in [6.45, 7) is 9.12. The van der Waals surface area contributed by atoms with Gasteiger partial charge in [0.1, 0.15) is 0 Å². The third kappa shape index (κ3) is 2.09. The molecule has 2 fully saturated rings. The molecule has 2 rings (SSSR count). The molecule has 2 unspecified atom stereocenters. The number of nitriles is 1. The number of hydrogen-bond donors (Lipinski definition) is 1. The minimum absolute atomic E-state index is 0.432. The van der Waals surface area contributed by atoms with Crippen molar-refractivity contribution in [3.63, 3.8) is 0 Å². The van der Waals surface area contributed by atoms with Crippen LogP contribution in [0.25, 0.3) is 0 Å². The summed E-state index contributed by atoms with van der Waals surface area (Å²) >= 11 is 0. The van der Waals surface area contributed by atoms with Gasteiger partial charge in [0.15, 0.2) is 0 Å². The summed E-state index contributed by atoms with van der Waals surface area (Å²) in [6, 6.07) is 3.01. The molecule has 3 heteroatoms. The summed E-state index contributed by atoms with van der Waals surface area (Å²) in [7, 11) is 0. The summed E-state index contributed by atoms with van der Waals surface area (Å²) < 4.78 is 0. The van der Waals surface area contributed by atoms with Gasteiger partial charge in [0.25, 0.3) is 0 Å². The first-order chi connectivity index (χ1) is 7.68. The van der Waals surface area contributed by atoms with E-state index in [1.54, 1.807) is 0 Å². The van der Waals surface area contributed by atoms with E-state index in [0.29, 0.717) is 17.4 Å². The van der Waals surface area contributed by atoms with E-state index in [2.05, 4.69) is 30.1 Å². The molecule has 0 aromatic heterocycles. The zero-order valence-electron chi connectivity index (χ0n) is 10.5. The topological polar surface area (TPSA) is 39.1 Å². The Morgan fingerprint density at radius 2 is 2.31 bits per heavy atom. The van der Waals surface area contributed by atoms with Crippen LogP contribution in [0, 0.1) is 22.7 Å². The van der Waals surface area contributed by atoms with Crippen molar-refractivity contribution >= 4 is 0 Å². The number of nitrogens with one attached hydrogen (secondary N) is 1. The molecular weight excluding hydrogens is 198 g/mol. The van der Waals surface area contributed by atoms with Crippen molar-refractivity contribution in [2.45, 2.75) is 39.2 Å². The van der Waals surface area contributed by atoms with Crippen LogP contribution in [0.1, 0.15) is 33.1 Å². The van der Waals surface area contributed by atoms with E-state index in [1.807, 2.05) is 0 Å². The van der Waals surface area contributed by atoms with Crippen LogP contribution in [0.15, 0.2) is 0 Å². The summed E-state index contributed by atoms with van der Waals surface area (Å²) in [4.78, 5) is 2.53. The van der Waals surface area contributed by atoms with E-state index in [4.69, 9.17) is 5.26 Å². The molecule has 2 atom stereocenters. The van der Waals surface area contributed by atoms with Crippen molar-refractivity contribution in [3.05, 3.63) is 0 Å². The van der Waals surface area contributed by atoms with E-state index in [-0.39, 0.29) is 0 Å². The van der Waals surface area contributed by atoms with Crippen LogP contribution in [-0.2, 0) is 0 Å². The average Bonchev–Trinajstić information content (AvgIpc) is 2.71. The van der Waals surface area contributed by atoms with E-state index in [0.717, 1.165) is 26.1 Å². The fraction of sp³-hybridized carbons (Fsp3) is 0.923. The van der Waals surface area contributed by atoms with Crippen molar-refractivity contribution < 1.29 is 0 Å². The Labute approximate surface area is 98.8 Å². The van der Waals surface area contributed by atoms with Gasteiger partial charge >= 0.3 is 0 Å². The lowest BCUT2D eigenvalue weighted by molar-refractivity contribution is 0.0332. The van der Waals surface area contributed by atoms with E-state index in [1.165, 1.54) is 19.4 Å². The highest BCUT2D eigenvalue weighted by Crippen LogP contribution is 2.43. The fourth-order valence-electron chi connectivity index (χ4n) is 3.32. The molecule has 2 heterocycles. The van der Waals surface area contributed by atoms with Gasteiger partial charge in [0.05, 0.1) is 6.07 Å². The van der Waals surface area contributed by atoms with E-state index < -0.39 is 0 Å². The summed E-state index contributed by atoms with van der Waals surface area (Å²) in [5.41, 5.74) is 0.432. The predicted molar refractivity (Wildman–Crippen MR) is 65.0 cm³/mol. The van der Waals surface area contributed by atoms with Crippen LogP contribution in [0.2, 0.25) is 0 Å². The third-order valence-electron chi connectivity index (χ3n) is 4.56. The lowest BCUT2D eigenvalue weighted by Gasteiger charge is -2.46. The largest absolute Gasteiger partial charge is 0.316 e. The number of piperidine rings is 1. The molecule has 2 aliphatic heterocycles. The molecule has 0 bridgehead atoms. The monoisotopic (exact) mass is 221 g/mol. The Balaban J connectivity index is 2.08. The molecule has 16 heavy (non-hydrogen) atoms. The summed E-state index contributed by atoms with van der Waals surface area (Å²) in [5.74, 6) is 0.573. The quantitative estimate of drug-likeness (QED) is 0.770. The molecule has 2 aliphatic rings. The zero-order valence-corrected chi connectivity index (χ0v) is 10.5. The van der Waals surface area contributed by atoms with Crippen LogP contribution >= 0.6 is 0 Å². The lowest BCUT2D eigenvalue weighted by Crippen LogP contribution is -2.50. The van der Waals surface area contributed by atoms with Gasteiger partial charge in [-0.25, -0.2) is 0 Å². The number of nitrogens with zero attached hydrogens (tertiary/aromatic N) is 2. The summed E-state index contributed by atoms with van der Waals surface area (Å²) in [6.07, 6.45) is 3.26. The normalized spacial score (nSPS) is 35.8. The van der Waals surface area contributed by atoms with Gasteiger partial charge in [0.2, 0.25) is 0 Å². The molecule has 0 aromatic rings. The van der Waals surface area contributed by atoms with Crippen molar-refractivity contribution in [2.75, 3.05) is 26.2 Å². The van der Waals surface area contributed by atoms with Crippen molar-refractivity contribution in [1.29, 1.82) is 5.26 Å². The maximum Gasteiger partial charge on any atom is 0.0625 e. The molecule has 0 aliphatic carbocycles. The Hall–Kier alpha value is -0.590. The second-order valence-corrected chi connectivity index (χ2v) is 5.69. The van der Waals surface area contributed by atoms with Gasteiger partial charge in [-0.3, -0.25) is 0 Å². The molecule has 0 saturated carbocycles. The molecule has 0 radical (unpaired) electrons. The van der Waals surface area contributed by atoms with Crippen LogP contribution in [-0.4, -0.2) is 37.1 Å². The van der Waals surface area contributed by atoms with Crippen LogP contribution in [0.3, 0.4) is 0 Å². The summed E-state index contributed by atoms with van der Waals surface area (Å²) in [5, 5.41) is 12.5. The molecule has 1 spiro atoms. The number of rotatable bonds is 2. The highest BCUT2D eigenvalue weighted by atomic mass is 15.2. The maximum atomic E-state index is 9.00. The van der Waals surface area contributed by atoms with Gasteiger partial charge in [0, 0.05) is 25.6 Å².